The van der Waals surface area contributed by atoms with Gasteiger partial charge in [-0.2, -0.15) is 0 Å². The summed E-state index contributed by atoms with van der Waals surface area (Å²) in [6, 6.07) is 64.1. The molecule has 0 bridgehead atoms. The molecule has 0 saturated carbocycles. The van der Waals surface area contributed by atoms with E-state index in [0.717, 1.165) is 55.8 Å². The Labute approximate surface area is 454 Å². The first kappa shape index (κ1) is 56.6. The molecular formula is C66H72O11. The SMILES string of the molecule is C=CC(OCc1ccccc1)[C@@H]1OCc2ccccc2COCC(O)[C@@H]1OCc1ccccc1.C=CC(OCc1ccccc1)[C@@H]1OCc2ccccc2COCC(OCc2ccc(OC)cc2)[C@@H]1OCc1ccccc1. The molecule has 9 rings (SSSR count). The summed E-state index contributed by atoms with van der Waals surface area (Å²) < 4.78 is 62.9. The van der Waals surface area contributed by atoms with Crippen LogP contribution in [0, 0.1) is 0 Å². The van der Waals surface area contributed by atoms with Gasteiger partial charge in [-0.3, -0.25) is 0 Å². The largest absolute Gasteiger partial charge is 0.497 e. The average Bonchev–Trinajstić information content (AvgIpc) is 3.49. The molecule has 8 atom stereocenters. The van der Waals surface area contributed by atoms with Crippen LogP contribution in [0.25, 0.3) is 0 Å². The Balaban J connectivity index is 0.000000209. The zero-order valence-electron chi connectivity index (χ0n) is 44.0. The molecule has 11 nitrogen and oxygen atoms in total. The summed E-state index contributed by atoms with van der Waals surface area (Å²) in [5.74, 6) is 0.798. The van der Waals surface area contributed by atoms with E-state index in [4.69, 9.17) is 47.4 Å². The second kappa shape index (κ2) is 31.0. The van der Waals surface area contributed by atoms with Gasteiger partial charge in [0.05, 0.1) is 79.8 Å². The van der Waals surface area contributed by atoms with Crippen molar-refractivity contribution in [3.8, 4) is 5.75 Å². The zero-order chi connectivity index (χ0) is 53.3. The van der Waals surface area contributed by atoms with Crippen LogP contribution in [0.15, 0.2) is 219 Å². The number of hydrogen-bond donors (Lipinski definition) is 1. The van der Waals surface area contributed by atoms with Gasteiger partial charge in [-0.15, -0.1) is 13.2 Å². The van der Waals surface area contributed by atoms with Crippen LogP contribution in [0.4, 0.5) is 0 Å². The first-order valence-corrected chi connectivity index (χ1v) is 26.3. The number of fused-ring (bicyclic) bond motifs is 2. The third-order valence-electron chi connectivity index (χ3n) is 13.5. The van der Waals surface area contributed by atoms with Gasteiger partial charge in [0.15, 0.2) is 0 Å². The summed E-state index contributed by atoms with van der Waals surface area (Å²) in [5, 5.41) is 11.1. The third-order valence-corrected chi connectivity index (χ3v) is 13.5. The second-order valence-electron chi connectivity index (χ2n) is 18.9. The van der Waals surface area contributed by atoms with Crippen LogP contribution in [0.1, 0.15) is 50.1 Å². The molecule has 2 heterocycles. The Bertz CT molecular complexity index is 2760. The Morgan fingerprint density at radius 2 is 0.805 bits per heavy atom. The number of aliphatic hydroxyl groups excluding tert-OH is 1. The van der Waals surface area contributed by atoms with Crippen molar-refractivity contribution in [2.75, 3.05) is 20.3 Å². The topological polar surface area (TPSA) is 113 Å². The molecule has 0 saturated heterocycles. The van der Waals surface area contributed by atoms with Crippen molar-refractivity contribution in [1.29, 1.82) is 0 Å². The van der Waals surface area contributed by atoms with Gasteiger partial charge in [-0.1, -0.05) is 194 Å². The molecule has 7 aromatic rings. The van der Waals surface area contributed by atoms with Crippen LogP contribution >= 0.6 is 0 Å². The van der Waals surface area contributed by atoms with Crippen LogP contribution in [0.2, 0.25) is 0 Å². The number of aliphatic hydroxyl groups is 1. The zero-order valence-corrected chi connectivity index (χ0v) is 44.0. The maximum absolute atomic E-state index is 11.1. The first-order valence-electron chi connectivity index (χ1n) is 26.3. The molecule has 7 aromatic carbocycles. The van der Waals surface area contributed by atoms with E-state index in [0.29, 0.717) is 66.1 Å². The summed E-state index contributed by atoms with van der Waals surface area (Å²) in [5.41, 5.74) is 9.42. The molecule has 11 heteroatoms. The Morgan fingerprint density at radius 1 is 0.442 bits per heavy atom. The van der Waals surface area contributed by atoms with Crippen molar-refractivity contribution in [2.45, 2.75) is 108 Å². The molecule has 0 radical (unpaired) electrons. The van der Waals surface area contributed by atoms with Crippen molar-refractivity contribution < 1.29 is 52.5 Å². The van der Waals surface area contributed by atoms with Crippen LogP contribution in [0.3, 0.4) is 0 Å². The number of rotatable bonds is 20. The minimum atomic E-state index is -0.901. The molecule has 402 valence electrons. The van der Waals surface area contributed by atoms with Gasteiger partial charge in [0.25, 0.3) is 0 Å². The summed E-state index contributed by atoms with van der Waals surface area (Å²) >= 11 is 0. The van der Waals surface area contributed by atoms with Crippen LogP contribution in [-0.2, 0) is 102 Å². The van der Waals surface area contributed by atoms with Gasteiger partial charge in [0, 0.05) is 0 Å². The van der Waals surface area contributed by atoms with Gasteiger partial charge in [0.2, 0.25) is 0 Å². The lowest BCUT2D eigenvalue weighted by molar-refractivity contribution is -0.194. The van der Waals surface area contributed by atoms with Crippen LogP contribution < -0.4 is 4.74 Å². The molecule has 2 aliphatic heterocycles. The van der Waals surface area contributed by atoms with Crippen molar-refractivity contribution in [2.24, 2.45) is 0 Å². The molecule has 77 heavy (non-hydrogen) atoms. The van der Waals surface area contributed by atoms with Gasteiger partial charge in [0.1, 0.15) is 54.6 Å². The van der Waals surface area contributed by atoms with E-state index in [-0.39, 0.29) is 6.61 Å². The quantitative estimate of drug-likeness (QED) is 0.0737. The van der Waals surface area contributed by atoms with Crippen LogP contribution in [0.5, 0.6) is 5.75 Å². The molecule has 1 N–H and O–H groups in total. The second-order valence-corrected chi connectivity index (χ2v) is 18.9. The fourth-order valence-corrected chi connectivity index (χ4v) is 9.14. The molecule has 0 fully saturated rings. The normalized spacial score (nSPS) is 20.6. The number of benzene rings is 7. The van der Waals surface area contributed by atoms with Crippen molar-refractivity contribution in [3.63, 3.8) is 0 Å². The lowest BCUT2D eigenvalue weighted by Gasteiger charge is -2.37. The van der Waals surface area contributed by atoms with Crippen molar-refractivity contribution in [3.05, 3.63) is 270 Å². The third kappa shape index (κ3) is 17.5. The highest BCUT2D eigenvalue weighted by molar-refractivity contribution is 5.29. The fraction of sp³-hybridized carbons (Fsp3) is 0.303. The predicted octanol–water partition coefficient (Wildman–Crippen LogP) is 11.9. The Hall–Kier alpha value is -6.58. The number of hydrogen-bond acceptors (Lipinski definition) is 11. The van der Waals surface area contributed by atoms with E-state index in [1.807, 2.05) is 182 Å². The Kier molecular flexibility index (Phi) is 22.8. The van der Waals surface area contributed by atoms with E-state index < -0.39 is 48.8 Å². The Morgan fingerprint density at radius 3 is 1.25 bits per heavy atom. The minimum absolute atomic E-state index is 0.121. The summed E-state index contributed by atoms with van der Waals surface area (Å²) in [6.45, 7) is 12.0. The van der Waals surface area contributed by atoms with Crippen LogP contribution in [-0.4, -0.2) is 74.3 Å². The van der Waals surface area contributed by atoms with E-state index in [1.165, 1.54) is 0 Å². The van der Waals surface area contributed by atoms with Gasteiger partial charge in [-0.05, 0) is 62.2 Å². The van der Waals surface area contributed by atoms with E-state index in [9.17, 15) is 5.11 Å². The average molecular weight is 1040 g/mol. The van der Waals surface area contributed by atoms with Gasteiger partial charge < -0.3 is 52.5 Å². The molecule has 0 amide bonds. The minimum Gasteiger partial charge on any atom is -0.497 e. The summed E-state index contributed by atoms with van der Waals surface area (Å²) in [7, 11) is 1.66. The lowest BCUT2D eigenvalue weighted by Crippen LogP contribution is -2.50. The maximum atomic E-state index is 11.1. The lowest BCUT2D eigenvalue weighted by atomic mass is 10.0. The molecule has 2 aliphatic rings. The van der Waals surface area contributed by atoms with Crippen molar-refractivity contribution in [1.82, 2.24) is 0 Å². The molecule has 4 unspecified atom stereocenters. The summed E-state index contributed by atoms with van der Waals surface area (Å²) in [4.78, 5) is 0. The highest BCUT2D eigenvalue weighted by Crippen LogP contribution is 2.28. The van der Waals surface area contributed by atoms with Crippen molar-refractivity contribution >= 4 is 0 Å². The fourth-order valence-electron chi connectivity index (χ4n) is 9.14. The predicted molar refractivity (Wildman–Crippen MR) is 297 cm³/mol. The maximum Gasteiger partial charge on any atom is 0.118 e. The summed E-state index contributed by atoms with van der Waals surface area (Å²) in [6.07, 6.45) is -1.13. The standard InChI is InChI=1S/C37H40O6.C29H32O5/c1-3-34(40-22-28-12-6-4-7-13-28)36-37(42-24-29-14-8-5-9-15-29)35(41-23-30-18-20-33(38-2)21-19-30)27-39-25-31-16-10-11-17-32(31)26-43-36;1-2-27(32-17-22-11-5-3-6-12-22)29-28(33-18-23-13-7-4-8-14-23)26(30)21-31-19-24-15-9-10-16-25(24)20-34-29/h3-21,34-37H,1,22-27H2,2H3;2-16,26-30H,1,17-21H2/t34?,35?,36-,37-;26?,27?,28-,29-/m00/s1. The first-order chi connectivity index (χ1) is 38.0. The molecular weight excluding hydrogens is 969 g/mol. The molecule has 0 aromatic heterocycles. The van der Waals surface area contributed by atoms with Gasteiger partial charge in [-0.25, -0.2) is 0 Å². The molecule has 0 aliphatic carbocycles. The number of ether oxygens (including phenoxy) is 10. The van der Waals surface area contributed by atoms with E-state index >= 15 is 0 Å². The van der Waals surface area contributed by atoms with E-state index in [2.05, 4.69) is 25.3 Å². The van der Waals surface area contributed by atoms with E-state index in [1.54, 1.807) is 19.3 Å². The monoisotopic (exact) mass is 1040 g/mol. The molecule has 0 spiro atoms. The number of methoxy groups -OCH3 is 1. The smallest absolute Gasteiger partial charge is 0.118 e. The van der Waals surface area contributed by atoms with Gasteiger partial charge >= 0.3 is 0 Å². The highest BCUT2D eigenvalue weighted by Gasteiger charge is 2.39. The highest BCUT2D eigenvalue weighted by atomic mass is 16.6.